The van der Waals surface area contributed by atoms with Gasteiger partial charge >= 0.3 is 5.97 Å². The van der Waals surface area contributed by atoms with Crippen molar-refractivity contribution in [3.63, 3.8) is 0 Å². The average Bonchev–Trinajstić information content (AvgIpc) is 3.02. The molecule has 4 aliphatic carbocycles. The lowest BCUT2D eigenvalue weighted by Crippen LogP contribution is -2.53. The Labute approximate surface area is 201 Å². The van der Waals surface area contributed by atoms with Gasteiger partial charge in [-0.3, -0.25) is 4.79 Å². The number of Topliss-reactive ketones (excluding diaryl/α,β-unsaturated/α-hetero) is 1. The van der Waals surface area contributed by atoms with Crippen molar-refractivity contribution in [2.45, 2.75) is 113 Å². The minimum atomic E-state index is -0.800. The van der Waals surface area contributed by atoms with Gasteiger partial charge in [0.05, 0.1) is 0 Å². The second kappa shape index (κ2) is 8.09. The molecule has 4 rings (SSSR count). The molecule has 0 amide bonds. The van der Waals surface area contributed by atoms with Gasteiger partial charge in [0.1, 0.15) is 5.78 Å². The van der Waals surface area contributed by atoms with Crippen molar-refractivity contribution in [3.8, 4) is 0 Å². The molecule has 0 aliphatic heterocycles. The molecule has 0 aromatic heterocycles. The van der Waals surface area contributed by atoms with E-state index in [-0.39, 0.29) is 16.2 Å². The van der Waals surface area contributed by atoms with E-state index in [1.807, 2.05) is 6.08 Å². The molecule has 1 unspecified atom stereocenters. The summed E-state index contributed by atoms with van der Waals surface area (Å²) < 4.78 is 0. The molecule has 184 valence electrons. The Morgan fingerprint density at radius 1 is 1.03 bits per heavy atom. The summed E-state index contributed by atoms with van der Waals surface area (Å²) in [5.74, 6) is 1.47. The van der Waals surface area contributed by atoms with Gasteiger partial charge < -0.3 is 5.11 Å². The maximum Gasteiger partial charge on any atom is 0.330 e. The Balaban J connectivity index is 1.61. The highest BCUT2D eigenvalue weighted by molar-refractivity contribution is 5.86. The molecule has 0 spiro atoms. The van der Waals surface area contributed by atoms with Crippen molar-refractivity contribution in [2.24, 2.45) is 39.4 Å². The summed E-state index contributed by atoms with van der Waals surface area (Å²) in [5.41, 5.74) is 4.58. The molecule has 0 saturated heterocycles. The third-order valence-corrected chi connectivity index (χ3v) is 11.7. The third kappa shape index (κ3) is 3.50. The number of carboxylic acid groups (broad SMARTS) is 1. The minimum absolute atomic E-state index is 0.193. The quantitative estimate of drug-likeness (QED) is 0.341. The average molecular weight is 455 g/mol. The van der Waals surface area contributed by atoms with Crippen LogP contribution in [0.2, 0.25) is 0 Å². The molecular formula is C30H46O3. The highest BCUT2D eigenvalue weighted by Crippen LogP contribution is 2.72. The monoisotopic (exact) mass is 454 g/mol. The van der Waals surface area contributed by atoms with Gasteiger partial charge in [-0.15, -0.1) is 0 Å². The second-order valence-corrected chi connectivity index (χ2v) is 13.3. The Hall–Kier alpha value is -1.38. The third-order valence-electron chi connectivity index (χ3n) is 11.7. The van der Waals surface area contributed by atoms with Crippen molar-refractivity contribution in [1.82, 2.24) is 0 Å². The highest BCUT2D eigenvalue weighted by Gasteiger charge is 2.63. The second-order valence-electron chi connectivity index (χ2n) is 13.3. The first-order valence-corrected chi connectivity index (χ1v) is 13.5. The van der Waals surface area contributed by atoms with E-state index < -0.39 is 5.97 Å². The summed E-state index contributed by atoms with van der Waals surface area (Å²) in [6.07, 6.45) is 13.0. The largest absolute Gasteiger partial charge is 0.478 e. The number of carbonyl (C=O) groups is 2. The fraction of sp³-hybridized carbons (Fsp3) is 0.800. The molecule has 0 heterocycles. The van der Waals surface area contributed by atoms with E-state index in [9.17, 15) is 9.59 Å². The maximum absolute atomic E-state index is 12.8. The molecule has 2 fully saturated rings. The Morgan fingerprint density at radius 3 is 2.39 bits per heavy atom. The first kappa shape index (κ1) is 24.7. The van der Waals surface area contributed by atoms with Crippen molar-refractivity contribution in [1.29, 1.82) is 0 Å². The number of carbonyl (C=O) groups excluding carboxylic acids is 1. The van der Waals surface area contributed by atoms with Gasteiger partial charge in [-0.05, 0) is 98.7 Å². The SMILES string of the molecule is CC(=CCC[C@@H](C)C1CC[C@@]2(C)C3=C(CC[C@]12C)[C@@]1(C)CCC(=O)C(C)(C)[C@@H]1CC3)C(=O)O. The van der Waals surface area contributed by atoms with Gasteiger partial charge in [-0.25, -0.2) is 4.79 Å². The summed E-state index contributed by atoms with van der Waals surface area (Å²) in [6.45, 7) is 16.2. The molecule has 0 radical (unpaired) electrons. The number of ketones is 1. The summed E-state index contributed by atoms with van der Waals surface area (Å²) in [5, 5.41) is 9.16. The topological polar surface area (TPSA) is 54.4 Å². The predicted octanol–water partition coefficient (Wildman–Crippen LogP) is 7.75. The summed E-state index contributed by atoms with van der Waals surface area (Å²) >= 11 is 0. The molecule has 1 N–H and O–H groups in total. The van der Waals surface area contributed by atoms with Gasteiger partial charge in [-0.1, -0.05) is 58.8 Å². The van der Waals surface area contributed by atoms with Crippen molar-refractivity contribution >= 4 is 11.8 Å². The molecule has 3 heteroatoms. The number of aliphatic carboxylic acids is 1. The van der Waals surface area contributed by atoms with Crippen LogP contribution in [0.3, 0.4) is 0 Å². The van der Waals surface area contributed by atoms with Crippen LogP contribution in [0.15, 0.2) is 22.8 Å². The lowest BCUT2D eigenvalue weighted by atomic mass is 9.43. The fourth-order valence-electron chi connectivity index (χ4n) is 9.29. The van der Waals surface area contributed by atoms with Crippen LogP contribution >= 0.6 is 0 Å². The van der Waals surface area contributed by atoms with E-state index in [1.165, 1.54) is 38.5 Å². The van der Waals surface area contributed by atoms with Gasteiger partial charge in [0.15, 0.2) is 0 Å². The minimum Gasteiger partial charge on any atom is -0.478 e. The van der Waals surface area contributed by atoms with Crippen LogP contribution in [-0.4, -0.2) is 16.9 Å². The summed E-state index contributed by atoms with van der Waals surface area (Å²) in [6, 6.07) is 0. The number of allylic oxidation sites excluding steroid dienone is 3. The van der Waals surface area contributed by atoms with Crippen molar-refractivity contribution in [3.05, 3.63) is 22.8 Å². The first-order chi connectivity index (χ1) is 15.3. The van der Waals surface area contributed by atoms with E-state index in [1.54, 1.807) is 18.1 Å². The smallest absolute Gasteiger partial charge is 0.330 e. The van der Waals surface area contributed by atoms with Crippen LogP contribution in [0.1, 0.15) is 113 Å². The van der Waals surface area contributed by atoms with E-state index in [4.69, 9.17) is 5.11 Å². The summed E-state index contributed by atoms with van der Waals surface area (Å²) in [7, 11) is 0. The van der Waals surface area contributed by atoms with Crippen LogP contribution in [-0.2, 0) is 9.59 Å². The molecule has 0 bridgehead atoms. The Kier molecular flexibility index (Phi) is 6.07. The normalized spacial score (nSPS) is 41.3. The molecule has 33 heavy (non-hydrogen) atoms. The van der Waals surface area contributed by atoms with E-state index in [2.05, 4.69) is 41.5 Å². The molecular weight excluding hydrogens is 408 g/mol. The lowest BCUT2D eigenvalue weighted by molar-refractivity contribution is -0.139. The number of hydrogen-bond donors (Lipinski definition) is 1. The van der Waals surface area contributed by atoms with Gasteiger partial charge in [-0.2, -0.15) is 0 Å². The van der Waals surface area contributed by atoms with Gasteiger partial charge in [0.2, 0.25) is 0 Å². The zero-order valence-electron chi connectivity index (χ0n) is 22.1. The van der Waals surface area contributed by atoms with Crippen LogP contribution in [0.25, 0.3) is 0 Å². The number of hydrogen-bond acceptors (Lipinski definition) is 2. The van der Waals surface area contributed by atoms with Crippen LogP contribution in [0.5, 0.6) is 0 Å². The molecule has 2 saturated carbocycles. The van der Waals surface area contributed by atoms with Gasteiger partial charge in [0, 0.05) is 17.4 Å². The predicted molar refractivity (Wildman–Crippen MR) is 134 cm³/mol. The zero-order chi connectivity index (χ0) is 24.4. The maximum atomic E-state index is 12.8. The number of fused-ring (bicyclic) bond motifs is 4. The van der Waals surface area contributed by atoms with E-state index in [0.717, 1.165) is 25.7 Å². The molecule has 3 nitrogen and oxygen atoms in total. The molecule has 6 atom stereocenters. The van der Waals surface area contributed by atoms with Crippen molar-refractivity contribution < 1.29 is 14.7 Å². The first-order valence-electron chi connectivity index (χ1n) is 13.5. The summed E-state index contributed by atoms with van der Waals surface area (Å²) in [4.78, 5) is 23.9. The van der Waals surface area contributed by atoms with E-state index >= 15 is 0 Å². The van der Waals surface area contributed by atoms with Crippen LogP contribution < -0.4 is 0 Å². The fourth-order valence-corrected chi connectivity index (χ4v) is 9.29. The van der Waals surface area contributed by atoms with Crippen LogP contribution in [0.4, 0.5) is 0 Å². The lowest BCUT2D eigenvalue weighted by Gasteiger charge is -2.61. The number of carboxylic acids is 1. The van der Waals surface area contributed by atoms with E-state index in [0.29, 0.717) is 34.5 Å². The Morgan fingerprint density at radius 2 is 1.73 bits per heavy atom. The van der Waals surface area contributed by atoms with Gasteiger partial charge in [0.25, 0.3) is 0 Å². The van der Waals surface area contributed by atoms with Crippen LogP contribution in [0, 0.1) is 39.4 Å². The molecule has 4 aliphatic rings. The highest BCUT2D eigenvalue weighted by atomic mass is 16.4. The number of rotatable bonds is 5. The zero-order valence-corrected chi connectivity index (χ0v) is 22.1. The van der Waals surface area contributed by atoms with Crippen molar-refractivity contribution in [2.75, 3.05) is 0 Å². The molecule has 0 aromatic carbocycles. The molecule has 0 aromatic rings. The standard InChI is InChI=1S/C30H46O3/c1-19(9-8-10-20(2)26(32)33)21-13-17-30(7)23-11-12-24-27(3,4)25(31)15-16-28(24,5)22(23)14-18-29(21,30)6/h10,19,21,24H,8-9,11-18H2,1-7H3,(H,32,33)/t19-,21?,24+,28-,29-,30+/m1/s1. The Bertz CT molecular complexity index is 908.